The van der Waals surface area contributed by atoms with Crippen LogP contribution in [-0.4, -0.2) is 28.8 Å². The van der Waals surface area contributed by atoms with Gasteiger partial charge in [-0.25, -0.2) is 9.78 Å². The third-order valence-corrected chi connectivity index (χ3v) is 4.64. The van der Waals surface area contributed by atoms with Gasteiger partial charge in [0.05, 0.1) is 11.7 Å². The van der Waals surface area contributed by atoms with E-state index in [-0.39, 0.29) is 24.7 Å². The molecule has 0 bridgehead atoms. The van der Waals surface area contributed by atoms with Crippen molar-refractivity contribution in [2.75, 3.05) is 6.61 Å². The molecule has 23 heavy (non-hydrogen) atoms. The predicted molar refractivity (Wildman–Crippen MR) is 93.4 cm³/mol. The van der Waals surface area contributed by atoms with Crippen LogP contribution in [0.4, 0.5) is 4.79 Å². The molecule has 2 unspecified atom stereocenters. The van der Waals surface area contributed by atoms with Crippen LogP contribution in [0.5, 0.6) is 0 Å². The Morgan fingerprint density at radius 1 is 1.30 bits per heavy atom. The van der Waals surface area contributed by atoms with Crippen molar-refractivity contribution in [2.24, 2.45) is 0 Å². The number of carbonyl (C=O) groups is 1. The Kier molecular flexibility index (Phi) is 6.55. The van der Waals surface area contributed by atoms with E-state index in [9.17, 15) is 4.79 Å². The van der Waals surface area contributed by atoms with E-state index in [0.717, 1.165) is 22.7 Å². The lowest BCUT2D eigenvalue weighted by Gasteiger charge is -2.18. The van der Waals surface area contributed by atoms with Crippen molar-refractivity contribution < 1.29 is 9.90 Å². The molecule has 2 atom stereocenters. The summed E-state index contributed by atoms with van der Waals surface area (Å²) >= 11 is 1.54. The number of hydrogen-bond donors (Lipinski definition) is 3. The summed E-state index contributed by atoms with van der Waals surface area (Å²) in [6.07, 6.45) is 1.35. The molecule has 0 saturated heterocycles. The van der Waals surface area contributed by atoms with Crippen LogP contribution in [0.15, 0.2) is 35.7 Å². The van der Waals surface area contributed by atoms with Gasteiger partial charge in [0, 0.05) is 23.6 Å². The number of thiazole rings is 1. The van der Waals surface area contributed by atoms with Gasteiger partial charge >= 0.3 is 6.03 Å². The van der Waals surface area contributed by atoms with E-state index in [4.69, 9.17) is 5.11 Å². The fraction of sp³-hybridized carbons (Fsp3) is 0.412. The highest BCUT2D eigenvalue weighted by atomic mass is 32.1. The zero-order valence-electron chi connectivity index (χ0n) is 13.5. The van der Waals surface area contributed by atoms with Gasteiger partial charge in [0.2, 0.25) is 0 Å². The van der Waals surface area contributed by atoms with E-state index in [0.29, 0.717) is 6.42 Å². The zero-order chi connectivity index (χ0) is 16.7. The molecule has 2 amide bonds. The number of hydrogen-bond acceptors (Lipinski definition) is 4. The van der Waals surface area contributed by atoms with Crippen LogP contribution in [0.3, 0.4) is 0 Å². The second-order valence-electron chi connectivity index (χ2n) is 5.39. The summed E-state index contributed by atoms with van der Waals surface area (Å²) in [4.78, 5) is 16.6. The molecule has 124 valence electrons. The summed E-state index contributed by atoms with van der Waals surface area (Å²) in [5.74, 6) is 0. The highest BCUT2D eigenvalue weighted by Crippen LogP contribution is 2.25. The monoisotopic (exact) mass is 333 g/mol. The van der Waals surface area contributed by atoms with E-state index in [1.54, 1.807) is 0 Å². The summed E-state index contributed by atoms with van der Waals surface area (Å²) in [6, 6.07) is 9.57. The van der Waals surface area contributed by atoms with Crippen molar-refractivity contribution >= 4 is 17.4 Å². The summed E-state index contributed by atoms with van der Waals surface area (Å²) in [5.41, 5.74) is 1.99. The maximum atomic E-state index is 12.0. The van der Waals surface area contributed by atoms with Crippen LogP contribution in [0.1, 0.15) is 37.7 Å². The molecule has 1 aromatic carbocycles. The van der Waals surface area contributed by atoms with E-state index in [1.165, 1.54) is 11.3 Å². The zero-order valence-corrected chi connectivity index (χ0v) is 14.3. The quantitative estimate of drug-likeness (QED) is 0.727. The van der Waals surface area contributed by atoms with Gasteiger partial charge in [-0.2, -0.15) is 0 Å². The molecule has 2 aromatic rings. The molecule has 0 radical (unpaired) electrons. The molecule has 3 N–H and O–H groups in total. The number of rotatable bonds is 7. The number of amides is 2. The van der Waals surface area contributed by atoms with Crippen LogP contribution in [0.25, 0.3) is 11.3 Å². The topological polar surface area (TPSA) is 74.2 Å². The van der Waals surface area contributed by atoms with Crippen molar-refractivity contribution in [3.05, 3.63) is 40.7 Å². The van der Waals surface area contributed by atoms with Gasteiger partial charge in [-0.3, -0.25) is 0 Å². The van der Waals surface area contributed by atoms with Crippen LogP contribution < -0.4 is 10.6 Å². The first-order valence-electron chi connectivity index (χ1n) is 7.82. The SMILES string of the molecule is CCC(CCO)NC(=O)NC(C)c1nc(-c2ccccc2)cs1. The molecule has 1 heterocycles. The first-order valence-corrected chi connectivity index (χ1v) is 8.70. The van der Waals surface area contributed by atoms with E-state index in [2.05, 4.69) is 15.6 Å². The molecule has 6 heteroatoms. The van der Waals surface area contributed by atoms with E-state index < -0.39 is 0 Å². The third kappa shape index (κ3) is 5.04. The Balaban J connectivity index is 1.94. The summed E-state index contributed by atoms with van der Waals surface area (Å²) in [6.45, 7) is 3.97. The second kappa shape index (κ2) is 8.64. The number of nitrogens with one attached hydrogen (secondary N) is 2. The van der Waals surface area contributed by atoms with Gasteiger partial charge in [0.25, 0.3) is 0 Å². The summed E-state index contributed by atoms with van der Waals surface area (Å²) in [5, 5.41) is 17.6. The summed E-state index contributed by atoms with van der Waals surface area (Å²) in [7, 11) is 0. The first-order chi connectivity index (χ1) is 11.1. The predicted octanol–water partition coefficient (Wildman–Crippen LogP) is 3.33. The minimum absolute atomic E-state index is 0.0108. The van der Waals surface area contributed by atoms with Gasteiger partial charge < -0.3 is 15.7 Å². The fourth-order valence-electron chi connectivity index (χ4n) is 2.25. The molecule has 0 saturated carbocycles. The van der Waals surface area contributed by atoms with Crippen molar-refractivity contribution in [2.45, 2.75) is 38.8 Å². The van der Waals surface area contributed by atoms with Crippen molar-refractivity contribution in [3.8, 4) is 11.3 Å². The van der Waals surface area contributed by atoms with E-state index >= 15 is 0 Å². The van der Waals surface area contributed by atoms with Gasteiger partial charge in [-0.15, -0.1) is 11.3 Å². The number of urea groups is 1. The number of aromatic nitrogens is 1. The Hall–Kier alpha value is -1.92. The number of carbonyl (C=O) groups excluding carboxylic acids is 1. The molecule has 0 aliphatic rings. The van der Waals surface area contributed by atoms with Gasteiger partial charge in [-0.05, 0) is 19.8 Å². The average Bonchev–Trinajstić information content (AvgIpc) is 3.05. The molecular formula is C17H23N3O2S. The van der Waals surface area contributed by atoms with Gasteiger partial charge in [0.15, 0.2) is 0 Å². The largest absolute Gasteiger partial charge is 0.396 e. The molecule has 5 nitrogen and oxygen atoms in total. The molecule has 0 aliphatic carbocycles. The molecular weight excluding hydrogens is 310 g/mol. The van der Waals surface area contributed by atoms with Crippen molar-refractivity contribution in [3.63, 3.8) is 0 Å². The second-order valence-corrected chi connectivity index (χ2v) is 6.28. The molecule has 0 spiro atoms. The number of aliphatic hydroxyl groups excluding tert-OH is 1. The van der Waals surface area contributed by atoms with Crippen molar-refractivity contribution in [1.29, 1.82) is 0 Å². The molecule has 2 rings (SSSR count). The Bertz CT molecular complexity index is 615. The lowest BCUT2D eigenvalue weighted by atomic mass is 10.1. The minimum Gasteiger partial charge on any atom is -0.396 e. The fourth-order valence-corrected chi connectivity index (χ4v) is 3.08. The number of aliphatic hydroxyl groups is 1. The average molecular weight is 333 g/mol. The van der Waals surface area contributed by atoms with Crippen LogP contribution in [0, 0.1) is 0 Å². The Labute approximate surface area is 140 Å². The summed E-state index contributed by atoms with van der Waals surface area (Å²) < 4.78 is 0. The molecule has 0 fully saturated rings. The highest BCUT2D eigenvalue weighted by Gasteiger charge is 2.16. The van der Waals surface area contributed by atoms with Crippen LogP contribution in [-0.2, 0) is 0 Å². The van der Waals surface area contributed by atoms with Crippen LogP contribution in [0.2, 0.25) is 0 Å². The minimum atomic E-state index is -0.228. The van der Waals surface area contributed by atoms with Crippen molar-refractivity contribution in [1.82, 2.24) is 15.6 Å². The van der Waals surface area contributed by atoms with Crippen LogP contribution >= 0.6 is 11.3 Å². The number of benzene rings is 1. The van der Waals surface area contributed by atoms with Gasteiger partial charge in [0.1, 0.15) is 5.01 Å². The first kappa shape index (κ1) is 17.4. The maximum absolute atomic E-state index is 12.0. The maximum Gasteiger partial charge on any atom is 0.315 e. The standard InChI is InChI=1S/C17H23N3O2S/c1-3-14(9-10-21)19-17(22)18-12(2)16-20-15(11-23-16)13-7-5-4-6-8-13/h4-8,11-12,14,21H,3,9-10H2,1-2H3,(H2,18,19,22). The molecule has 1 aromatic heterocycles. The lowest BCUT2D eigenvalue weighted by Crippen LogP contribution is -2.43. The highest BCUT2D eigenvalue weighted by molar-refractivity contribution is 7.10. The van der Waals surface area contributed by atoms with Gasteiger partial charge in [-0.1, -0.05) is 37.3 Å². The Morgan fingerprint density at radius 2 is 2.04 bits per heavy atom. The Morgan fingerprint density at radius 3 is 2.70 bits per heavy atom. The van der Waals surface area contributed by atoms with E-state index in [1.807, 2.05) is 49.6 Å². The third-order valence-electron chi connectivity index (χ3n) is 3.62. The lowest BCUT2D eigenvalue weighted by molar-refractivity contribution is 0.225. The normalized spacial score (nSPS) is 13.3. The number of nitrogens with zero attached hydrogens (tertiary/aromatic N) is 1. The smallest absolute Gasteiger partial charge is 0.315 e. The molecule has 0 aliphatic heterocycles.